The zero-order chi connectivity index (χ0) is 12.7. The second kappa shape index (κ2) is 7.17. The summed E-state index contributed by atoms with van der Waals surface area (Å²) in [6, 6.07) is 7.51. The Hall–Kier alpha value is -1.22. The number of aliphatic hydroxyl groups is 1. The third kappa shape index (κ3) is 5.09. The van der Waals surface area contributed by atoms with Crippen molar-refractivity contribution < 1.29 is 14.6 Å². The molecule has 1 aromatic rings. The van der Waals surface area contributed by atoms with Crippen LogP contribution in [0.4, 0.5) is 0 Å². The predicted molar refractivity (Wildman–Crippen MR) is 68.6 cm³/mol. The van der Waals surface area contributed by atoms with Crippen molar-refractivity contribution in [2.45, 2.75) is 33.3 Å². The lowest BCUT2D eigenvalue weighted by atomic mass is 10.1. The van der Waals surface area contributed by atoms with Crippen LogP contribution in [0.3, 0.4) is 0 Å². The van der Waals surface area contributed by atoms with E-state index in [-0.39, 0.29) is 5.92 Å². The summed E-state index contributed by atoms with van der Waals surface area (Å²) in [6.07, 6.45) is 0.548. The van der Waals surface area contributed by atoms with Crippen molar-refractivity contribution in [1.82, 2.24) is 0 Å². The van der Waals surface area contributed by atoms with Crippen LogP contribution in [0.15, 0.2) is 24.3 Å². The zero-order valence-corrected chi connectivity index (χ0v) is 10.8. The lowest BCUT2D eigenvalue weighted by Crippen LogP contribution is -2.23. The van der Waals surface area contributed by atoms with Crippen LogP contribution in [0, 0.1) is 5.92 Å². The molecule has 96 valence electrons. The van der Waals surface area contributed by atoms with E-state index < -0.39 is 6.10 Å². The van der Waals surface area contributed by atoms with E-state index >= 15 is 0 Å². The highest BCUT2D eigenvalue weighted by atomic mass is 16.5. The van der Waals surface area contributed by atoms with Gasteiger partial charge in [0.25, 0.3) is 0 Å². The molecule has 0 radical (unpaired) electrons. The second-order valence-corrected chi connectivity index (χ2v) is 4.45. The Morgan fingerprint density at radius 1 is 1.18 bits per heavy atom. The van der Waals surface area contributed by atoms with Gasteiger partial charge in [0.2, 0.25) is 0 Å². The summed E-state index contributed by atoms with van der Waals surface area (Å²) in [5.74, 6) is 1.75. The topological polar surface area (TPSA) is 38.7 Å². The van der Waals surface area contributed by atoms with Gasteiger partial charge in [-0.05, 0) is 24.5 Å². The highest BCUT2D eigenvalue weighted by Crippen LogP contribution is 2.20. The number of aliphatic hydroxyl groups excluding tert-OH is 1. The Labute approximate surface area is 103 Å². The SMILES string of the molecule is CCCOc1cccc(OCC(O)C(C)C)c1. The molecular formula is C14H22O3. The van der Waals surface area contributed by atoms with Gasteiger partial charge >= 0.3 is 0 Å². The van der Waals surface area contributed by atoms with Crippen molar-refractivity contribution in [3.8, 4) is 11.5 Å². The zero-order valence-electron chi connectivity index (χ0n) is 10.8. The van der Waals surface area contributed by atoms with Gasteiger partial charge in [0, 0.05) is 6.07 Å². The van der Waals surface area contributed by atoms with Gasteiger partial charge in [0.1, 0.15) is 18.1 Å². The first kappa shape index (κ1) is 13.8. The summed E-state index contributed by atoms with van der Waals surface area (Å²) < 4.78 is 11.0. The summed E-state index contributed by atoms with van der Waals surface area (Å²) in [6.45, 7) is 7.02. The molecule has 0 aliphatic rings. The number of hydrogen-bond donors (Lipinski definition) is 1. The van der Waals surface area contributed by atoms with Gasteiger partial charge in [-0.3, -0.25) is 0 Å². The highest BCUT2D eigenvalue weighted by molar-refractivity contribution is 5.32. The molecule has 0 aliphatic heterocycles. The van der Waals surface area contributed by atoms with Crippen LogP contribution in [-0.4, -0.2) is 24.4 Å². The van der Waals surface area contributed by atoms with Crippen molar-refractivity contribution in [1.29, 1.82) is 0 Å². The molecule has 1 atom stereocenters. The van der Waals surface area contributed by atoms with Crippen LogP contribution in [-0.2, 0) is 0 Å². The molecule has 3 heteroatoms. The van der Waals surface area contributed by atoms with Gasteiger partial charge in [-0.2, -0.15) is 0 Å². The maximum atomic E-state index is 9.64. The Bertz CT molecular complexity index is 323. The number of benzene rings is 1. The molecular weight excluding hydrogens is 216 g/mol. The van der Waals surface area contributed by atoms with Gasteiger partial charge in [-0.15, -0.1) is 0 Å². The van der Waals surface area contributed by atoms with Gasteiger partial charge < -0.3 is 14.6 Å². The Morgan fingerprint density at radius 2 is 1.82 bits per heavy atom. The smallest absolute Gasteiger partial charge is 0.123 e. The number of ether oxygens (including phenoxy) is 2. The van der Waals surface area contributed by atoms with Crippen LogP contribution in [0.25, 0.3) is 0 Å². The molecule has 0 fully saturated rings. The molecule has 0 spiro atoms. The third-order valence-corrected chi connectivity index (χ3v) is 2.47. The van der Waals surface area contributed by atoms with E-state index in [9.17, 15) is 5.11 Å². The van der Waals surface area contributed by atoms with E-state index in [1.807, 2.05) is 38.1 Å². The molecule has 1 rings (SSSR count). The molecule has 0 bridgehead atoms. The monoisotopic (exact) mass is 238 g/mol. The molecule has 17 heavy (non-hydrogen) atoms. The molecule has 0 heterocycles. The Morgan fingerprint density at radius 3 is 2.41 bits per heavy atom. The van der Waals surface area contributed by atoms with E-state index in [4.69, 9.17) is 9.47 Å². The molecule has 1 unspecified atom stereocenters. The van der Waals surface area contributed by atoms with Gasteiger partial charge in [0.05, 0.1) is 12.7 Å². The number of hydrogen-bond acceptors (Lipinski definition) is 3. The van der Waals surface area contributed by atoms with E-state index in [1.54, 1.807) is 0 Å². The molecule has 1 aromatic carbocycles. The molecule has 0 amide bonds. The lowest BCUT2D eigenvalue weighted by molar-refractivity contribution is 0.0700. The van der Waals surface area contributed by atoms with E-state index in [0.717, 1.165) is 17.9 Å². The van der Waals surface area contributed by atoms with E-state index in [2.05, 4.69) is 6.92 Å². The van der Waals surface area contributed by atoms with Crippen LogP contribution in [0.5, 0.6) is 11.5 Å². The minimum atomic E-state index is -0.435. The predicted octanol–water partition coefficient (Wildman–Crippen LogP) is 2.87. The van der Waals surface area contributed by atoms with Crippen molar-refractivity contribution in [3.05, 3.63) is 24.3 Å². The summed E-state index contributed by atoms with van der Waals surface area (Å²) >= 11 is 0. The molecule has 3 nitrogen and oxygen atoms in total. The highest BCUT2D eigenvalue weighted by Gasteiger charge is 2.09. The maximum Gasteiger partial charge on any atom is 0.123 e. The first-order chi connectivity index (χ1) is 8.13. The van der Waals surface area contributed by atoms with Crippen LogP contribution in [0.2, 0.25) is 0 Å². The average Bonchev–Trinajstić information content (AvgIpc) is 2.33. The van der Waals surface area contributed by atoms with Gasteiger partial charge in [-0.1, -0.05) is 26.8 Å². The van der Waals surface area contributed by atoms with Crippen LogP contribution >= 0.6 is 0 Å². The Balaban J connectivity index is 2.48. The van der Waals surface area contributed by atoms with Crippen molar-refractivity contribution in [2.24, 2.45) is 5.92 Å². The average molecular weight is 238 g/mol. The van der Waals surface area contributed by atoms with Gasteiger partial charge in [0.15, 0.2) is 0 Å². The van der Waals surface area contributed by atoms with Crippen molar-refractivity contribution in [3.63, 3.8) is 0 Å². The fourth-order valence-corrected chi connectivity index (χ4v) is 1.25. The van der Waals surface area contributed by atoms with Crippen LogP contribution in [0.1, 0.15) is 27.2 Å². The molecule has 1 N–H and O–H groups in total. The first-order valence-corrected chi connectivity index (χ1v) is 6.17. The minimum Gasteiger partial charge on any atom is -0.493 e. The molecule has 0 aromatic heterocycles. The van der Waals surface area contributed by atoms with Crippen molar-refractivity contribution >= 4 is 0 Å². The first-order valence-electron chi connectivity index (χ1n) is 6.17. The summed E-state index contributed by atoms with van der Waals surface area (Å²) in [7, 11) is 0. The third-order valence-electron chi connectivity index (χ3n) is 2.47. The fourth-order valence-electron chi connectivity index (χ4n) is 1.25. The summed E-state index contributed by atoms with van der Waals surface area (Å²) in [4.78, 5) is 0. The van der Waals surface area contributed by atoms with Crippen molar-refractivity contribution in [2.75, 3.05) is 13.2 Å². The van der Waals surface area contributed by atoms with E-state index in [0.29, 0.717) is 13.2 Å². The normalized spacial score (nSPS) is 12.5. The Kier molecular flexibility index (Phi) is 5.84. The van der Waals surface area contributed by atoms with Gasteiger partial charge in [-0.25, -0.2) is 0 Å². The fraction of sp³-hybridized carbons (Fsp3) is 0.571. The summed E-state index contributed by atoms with van der Waals surface area (Å²) in [5, 5.41) is 9.64. The van der Waals surface area contributed by atoms with E-state index in [1.165, 1.54) is 0 Å². The molecule has 0 aliphatic carbocycles. The largest absolute Gasteiger partial charge is 0.493 e. The molecule has 0 saturated heterocycles. The second-order valence-electron chi connectivity index (χ2n) is 4.45. The minimum absolute atomic E-state index is 0.203. The lowest BCUT2D eigenvalue weighted by Gasteiger charge is -2.15. The quantitative estimate of drug-likeness (QED) is 0.794. The van der Waals surface area contributed by atoms with Crippen LogP contribution < -0.4 is 9.47 Å². The standard InChI is InChI=1S/C14H22O3/c1-4-8-16-12-6-5-7-13(9-12)17-10-14(15)11(2)3/h5-7,9,11,14-15H,4,8,10H2,1-3H3. The molecule has 0 saturated carbocycles. The maximum absolute atomic E-state index is 9.64. The number of rotatable bonds is 7. The summed E-state index contributed by atoms with van der Waals surface area (Å²) in [5.41, 5.74) is 0.